The zero-order valence-electron chi connectivity index (χ0n) is 17.2. The molecule has 5 heteroatoms. The highest BCUT2D eigenvalue weighted by Crippen LogP contribution is 2.40. The van der Waals surface area contributed by atoms with Crippen LogP contribution in [0.3, 0.4) is 0 Å². The molecule has 0 aromatic heterocycles. The molecule has 5 nitrogen and oxygen atoms in total. The molecule has 0 amide bonds. The Morgan fingerprint density at radius 1 is 1.15 bits per heavy atom. The smallest absolute Gasteiger partial charge is 0.306 e. The van der Waals surface area contributed by atoms with Crippen LogP contribution in [-0.4, -0.2) is 50.8 Å². The Hall–Kier alpha value is -1.75. The number of hydrogen-bond acceptors (Lipinski definition) is 5. The second-order valence-corrected chi connectivity index (χ2v) is 8.14. The molecule has 0 bridgehead atoms. The van der Waals surface area contributed by atoms with Crippen LogP contribution in [0.4, 0.5) is 0 Å². The number of carbonyl (C=O) groups is 1. The van der Waals surface area contributed by atoms with E-state index in [-0.39, 0.29) is 17.8 Å². The van der Waals surface area contributed by atoms with Crippen LogP contribution in [0.1, 0.15) is 51.2 Å². The zero-order chi connectivity index (χ0) is 19.5. The fourth-order valence-corrected chi connectivity index (χ4v) is 3.84. The first-order valence-electron chi connectivity index (χ1n) is 9.33. The van der Waals surface area contributed by atoms with Gasteiger partial charge in [0.1, 0.15) is 17.1 Å². The Labute approximate surface area is 157 Å². The molecular weight excluding hydrogens is 330 g/mol. The second kappa shape index (κ2) is 8.30. The third-order valence-corrected chi connectivity index (χ3v) is 4.88. The van der Waals surface area contributed by atoms with Gasteiger partial charge in [0, 0.05) is 24.6 Å². The minimum Gasteiger partial charge on any atom is -0.496 e. The van der Waals surface area contributed by atoms with Gasteiger partial charge < -0.3 is 19.1 Å². The van der Waals surface area contributed by atoms with E-state index in [1.54, 1.807) is 14.2 Å². The van der Waals surface area contributed by atoms with E-state index in [4.69, 9.17) is 14.2 Å². The molecule has 2 atom stereocenters. The molecular formula is C21H33NO4. The van der Waals surface area contributed by atoms with Crippen molar-refractivity contribution in [2.45, 2.75) is 52.1 Å². The summed E-state index contributed by atoms with van der Waals surface area (Å²) in [6, 6.07) is 4.21. The van der Waals surface area contributed by atoms with Crippen LogP contribution in [0.5, 0.6) is 11.5 Å². The Morgan fingerprint density at radius 3 is 2.19 bits per heavy atom. The van der Waals surface area contributed by atoms with Crippen molar-refractivity contribution in [1.29, 1.82) is 0 Å². The van der Waals surface area contributed by atoms with E-state index in [1.807, 2.05) is 20.8 Å². The number of ether oxygens (including phenoxy) is 3. The van der Waals surface area contributed by atoms with E-state index < -0.39 is 5.60 Å². The molecule has 0 saturated carbocycles. The van der Waals surface area contributed by atoms with Crippen molar-refractivity contribution in [2.24, 2.45) is 5.92 Å². The minimum atomic E-state index is -0.452. The van der Waals surface area contributed by atoms with E-state index in [1.165, 1.54) is 0 Å². The number of rotatable bonds is 6. The Bertz CT molecular complexity index is 610. The van der Waals surface area contributed by atoms with Crippen LogP contribution >= 0.6 is 0 Å². The fraction of sp³-hybridized carbons (Fsp3) is 0.667. The minimum absolute atomic E-state index is 0.132. The van der Waals surface area contributed by atoms with Crippen molar-refractivity contribution >= 4 is 5.97 Å². The number of esters is 1. The lowest BCUT2D eigenvalue weighted by Gasteiger charge is -2.24. The SMILES string of the molecule is CCc1c(OC)cc(C2CN(C)CC2CC(=O)OC(C)(C)C)cc1OC. The average molecular weight is 363 g/mol. The van der Waals surface area contributed by atoms with Crippen LogP contribution in [0.2, 0.25) is 0 Å². The Balaban J connectivity index is 2.28. The molecule has 0 aliphatic carbocycles. The van der Waals surface area contributed by atoms with E-state index in [9.17, 15) is 4.79 Å². The normalized spacial score (nSPS) is 20.9. The standard InChI is InChI=1S/C21H33NO4/c1-8-16-18(24-6)9-14(10-19(16)25-7)17-13-22(5)12-15(17)11-20(23)26-21(2,3)4/h9-10,15,17H,8,11-13H2,1-7H3. The molecule has 0 N–H and O–H groups in total. The van der Waals surface area contributed by atoms with Gasteiger partial charge in [-0.1, -0.05) is 6.92 Å². The summed E-state index contributed by atoms with van der Waals surface area (Å²) in [5.41, 5.74) is 1.79. The Kier molecular flexibility index (Phi) is 6.56. The molecule has 1 fully saturated rings. The summed E-state index contributed by atoms with van der Waals surface area (Å²) in [5.74, 6) is 2.05. The van der Waals surface area contributed by atoms with Gasteiger partial charge in [0.05, 0.1) is 20.6 Å². The van der Waals surface area contributed by atoms with Crippen molar-refractivity contribution in [3.63, 3.8) is 0 Å². The number of likely N-dealkylation sites (N-methyl/N-ethyl adjacent to an activating group) is 1. The third-order valence-electron chi connectivity index (χ3n) is 4.88. The molecule has 2 rings (SSSR count). The van der Waals surface area contributed by atoms with Gasteiger partial charge in [-0.05, 0) is 57.9 Å². The summed E-state index contributed by atoms with van der Waals surface area (Å²) >= 11 is 0. The highest BCUT2D eigenvalue weighted by Gasteiger charge is 2.35. The van der Waals surface area contributed by atoms with E-state index in [0.29, 0.717) is 6.42 Å². The van der Waals surface area contributed by atoms with E-state index in [0.717, 1.165) is 42.1 Å². The molecule has 0 radical (unpaired) electrons. The molecule has 1 aromatic rings. The van der Waals surface area contributed by atoms with Gasteiger partial charge in [-0.15, -0.1) is 0 Å². The summed E-state index contributed by atoms with van der Waals surface area (Å²) < 4.78 is 16.7. The third kappa shape index (κ3) is 4.91. The zero-order valence-corrected chi connectivity index (χ0v) is 17.2. The van der Waals surface area contributed by atoms with E-state index >= 15 is 0 Å². The number of carbonyl (C=O) groups excluding carboxylic acids is 1. The fourth-order valence-electron chi connectivity index (χ4n) is 3.84. The summed E-state index contributed by atoms with van der Waals surface area (Å²) in [4.78, 5) is 14.6. The maximum atomic E-state index is 12.4. The Morgan fingerprint density at radius 2 is 1.73 bits per heavy atom. The van der Waals surface area contributed by atoms with Gasteiger partial charge in [0.25, 0.3) is 0 Å². The lowest BCUT2D eigenvalue weighted by Crippen LogP contribution is -2.26. The van der Waals surface area contributed by atoms with Crippen LogP contribution in [0, 0.1) is 5.92 Å². The summed E-state index contributed by atoms with van der Waals surface area (Å²) in [5, 5.41) is 0. The molecule has 1 aromatic carbocycles. The number of likely N-dealkylation sites (tertiary alicyclic amines) is 1. The molecule has 1 aliphatic rings. The van der Waals surface area contributed by atoms with Crippen molar-refractivity contribution in [1.82, 2.24) is 4.90 Å². The van der Waals surface area contributed by atoms with Crippen LogP contribution in [0.15, 0.2) is 12.1 Å². The van der Waals surface area contributed by atoms with Crippen molar-refractivity contribution in [3.8, 4) is 11.5 Å². The van der Waals surface area contributed by atoms with Crippen molar-refractivity contribution in [3.05, 3.63) is 23.3 Å². The lowest BCUT2D eigenvalue weighted by molar-refractivity contribution is -0.156. The summed E-state index contributed by atoms with van der Waals surface area (Å²) in [7, 11) is 5.48. The molecule has 26 heavy (non-hydrogen) atoms. The average Bonchev–Trinajstić information content (AvgIpc) is 2.91. The van der Waals surface area contributed by atoms with Crippen molar-refractivity contribution < 1.29 is 19.0 Å². The first-order chi connectivity index (χ1) is 12.2. The first-order valence-corrected chi connectivity index (χ1v) is 9.33. The highest BCUT2D eigenvalue weighted by atomic mass is 16.6. The molecule has 1 aliphatic heterocycles. The monoisotopic (exact) mass is 363 g/mol. The van der Waals surface area contributed by atoms with Gasteiger partial charge in [-0.3, -0.25) is 4.79 Å². The predicted octanol–water partition coefficient (Wildman–Crippen LogP) is 3.64. The summed E-state index contributed by atoms with van der Waals surface area (Å²) in [6.07, 6.45) is 1.27. The number of methoxy groups -OCH3 is 2. The molecule has 1 heterocycles. The molecule has 146 valence electrons. The summed E-state index contributed by atoms with van der Waals surface area (Å²) in [6.45, 7) is 9.59. The van der Waals surface area contributed by atoms with Gasteiger partial charge >= 0.3 is 5.97 Å². The molecule has 0 spiro atoms. The second-order valence-electron chi connectivity index (χ2n) is 8.14. The number of hydrogen-bond donors (Lipinski definition) is 0. The van der Waals surface area contributed by atoms with Crippen LogP contribution in [0.25, 0.3) is 0 Å². The van der Waals surface area contributed by atoms with Crippen LogP contribution in [-0.2, 0) is 16.0 Å². The van der Waals surface area contributed by atoms with Crippen LogP contribution < -0.4 is 9.47 Å². The van der Waals surface area contributed by atoms with Gasteiger partial charge in [0.15, 0.2) is 0 Å². The lowest BCUT2D eigenvalue weighted by atomic mass is 9.85. The first kappa shape index (κ1) is 20.6. The van der Waals surface area contributed by atoms with Crippen molar-refractivity contribution in [2.75, 3.05) is 34.4 Å². The maximum absolute atomic E-state index is 12.4. The highest BCUT2D eigenvalue weighted by molar-refractivity contribution is 5.70. The number of benzene rings is 1. The maximum Gasteiger partial charge on any atom is 0.306 e. The molecule has 2 unspecified atom stereocenters. The van der Waals surface area contributed by atoms with Gasteiger partial charge in [-0.2, -0.15) is 0 Å². The van der Waals surface area contributed by atoms with Gasteiger partial charge in [0.2, 0.25) is 0 Å². The largest absolute Gasteiger partial charge is 0.496 e. The van der Waals surface area contributed by atoms with Gasteiger partial charge in [-0.25, -0.2) is 0 Å². The number of nitrogens with zero attached hydrogens (tertiary/aromatic N) is 1. The van der Waals surface area contributed by atoms with E-state index in [2.05, 4.69) is 31.0 Å². The predicted molar refractivity (Wildman–Crippen MR) is 103 cm³/mol. The topological polar surface area (TPSA) is 48.0 Å². The quantitative estimate of drug-likeness (QED) is 0.722. The molecule has 1 saturated heterocycles.